The van der Waals surface area contributed by atoms with Gasteiger partial charge in [-0.15, -0.1) is 0 Å². The lowest BCUT2D eigenvalue weighted by molar-refractivity contribution is 0.467. The van der Waals surface area contributed by atoms with Gasteiger partial charge < -0.3 is 9.64 Å². The minimum absolute atomic E-state index is 0.230. The van der Waals surface area contributed by atoms with Gasteiger partial charge >= 0.3 is 0 Å². The van der Waals surface area contributed by atoms with Crippen molar-refractivity contribution in [3.05, 3.63) is 199 Å². The number of hydrogen-bond acceptors (Lipinski definition) is 4. The van der Waals surface area contributed by atoms with Crippen LogP contribution in [0.4, 0.5) is 17.1 Å². The molecule has 0 N–H and O–H groups in total. The quantitative estimate of drug-likeness (QED) is 0.171. The highest BCUT2D eigenvalue weighted by atomic mass is 32.2. The smallest absolute Gasteiger partial charge is 0.207 e. The van der Waals surface area contributed by atoms with Crippen molar-refractivity contribution in [3.8, 4) is 22.6 Å². The van der Waals surface area contributed by atoms with Crippen LogP contribution in [-0.4, -0.2) is 8.42 Å². The SMILES string of the molecule is CC1(c2ccccc2Oc2ccccc2-c2ccccc2S(=O)(=O)c2ccccc2)c2ccccc2N(c2ccccc2)c2ccccc21. The largest absolute Gasteiger partial charge is 0.456 e. The first-order valence-electron chi connectivity index (χ1n) is 16.3. The average molecular weight is 656 g/mol. The molecule has 1 heterocycles. The monoisotopic (exact) mass is 655 g/mol. The number of para-hydroxylation sites is 5. The second-order valence-corrected chi connectivity index (χ2v) is 14.2. The number of rotatable bonds is 7. The molecule has 49 heavy (non-hydrogen) atoms. The van der Waals surface area contributed by atoms with Crippen LogP contribution in [0.25, 0.3) is 11.1 Å². The summed E-state index contributed by atoms with van der Waals surface area (Å²) in [6.07, 6.45) is 0. The molecule has 0 aromatic heterocycles. The average Bonchev–Trinajstić information content (AvgIpc) is 3.16. The number of nitrogens with zero attached hydrogens (tertiary/aromatic N) is 1. The van der Waals surface area contributed by atoms with Gasteiger partial charge in [-0.25, -0.2) is 8.42 Å². The van der Waals surface area contributed by atoms with Gasteiger partial charge in [-0.3, -0.25) is 0 Å². The molecular weight excluding hydrogens is 623 g/mol. The molecule has 4 nitrogen and oxygen atoms in total. The van der Waals surface area contributed by atoms with Crippen molar-refractivity contribution in [1.82, 2.24) is 0 Å². The van der Waals surface area contributed by atoms with E-state index < -0.39 is 15.3 Å². The fourth-order valence-electron chi connectivity index (χ4n) is 7.12. The standard InChI is InChI=1S/C44H33NO3S/c1-44(36-24-10-13-27-39(36)45(32-18-4-2-5-19-32)40-28-14-11-25-37(40)44)38-26-12-16-30-42(38)48-41-29-15-8-22-34(41)35-23-9-17-31-43(35)49(46,47)33-20-6-3-7-21-33/h2-31H,1H3. The first-order chi connectivity index (χ1) is 24.0. The molecule has 0 radical (unpaired) electrons. The second kappa shape index (κ2) is 12.3. The van der Waals surface area contributed by atoms with E-state index in [1.165, 1.54) is 0 Å². The van der Waals surface area contributed by atoms with Crippen molar-refractivity contribution in [1.29, 1.82) is 0 Å². The van der Waals surface area contributed by atoms with E-state index in [1.54, 1.807) is 36.4 Å². The van der Waals surface area contributed by atoms with E-state index in [9.17, 15) is 8.42 Å². The highest BCUT2D eigenvalue weighted by Gasteiger charge is 2.43. The van der Waals surface area contributed by atoms with Crippen LogP contribution in [0.2, 0.25) is 0 Å². The Hall–Kier alpha value is -5.91. The summed E-state index contributed by atoms with van der Waals surface area (Å²) in [6, 6.07) is 59.1. The van der Waals surface area contributed by atoms with Gasteiger partial charge in [0, 0.05) is 22.4 Å². The number of anilines is 3. The van der Waals surface area contributed by atoms with E-state index in [4.69, 9.17) is 4.74 Å². The predicted octanol–water partition coefficient (Wildman–Crippen LogP) is 11.1. The van der Waals surface area contributed by atoms with Gasteiger partial charge in [0.25, 0.3) is 0 Å². The van der Waals surface area contributed by atoms with E-state index in [-0.39, 0.29) is 9.79 Å². The Morgan fingerprint density at radius 3 is 1.59 bits per heavy atom. The summed E-state index contributed by atoms with van der Waals surface area (Å²) in [7, 11) is -3.80. The Morgan fingerprint density at radius 1 is 0.469 bits per heavy atom. The first-order valence-corrected chi connectivity index (χ1v) is 17.8. The van der Waals surface area contributed by atoms with Crippen molar-refractivity contribution < 1.29 is 13.2 Å². The third-order valence-electron chi connectivity index (χ3n) is 9.43. The molecule has 0 fully saturated rings. The number of ether oxygens (including phenoxy) is 1. The minimum atomic E-state index is -3.80. The highest BCUT2D eigenvalue weighted by Crippen LogP contribution is 2.56. The summed E-state index contributed by atoms with van der Waals surface area (Å²) in [5, 5.41) is 0. The van der Waals surface area contributed by atoms with E-state index in [1.807, 2.05) is 60.7 Å². The van der Waals surface area contributed by atoms with Gasteiger partial charge in [0.2, 0.25) is 9.84 Å². The number of hydrogen-bond donors (Lipinski definition) is 0. The van der Waals surface area contributed by atoms with Crippen LogP contribution in [-0.2, 0) is 15.3 Å². The number of fused-ring (bicyclic) bond motifs is 2. The lowest BCUT2D eigenvalue weighted by Gasteiger charge is -2.44. The molecule has 1 aliphatic rings. The maximum absolute atomic E-state index is 13.9. The van der Waals surface area contributed by atoms with E-state index in [2.05, 4.69) is 96.8 Å². The molecule has 5 heteroatoms. The lowest BCUT2D eigenvalue weighted by atomic mass is 9.67. The van der Waals surface area contributed by atoms with Gasteiger partial charge in [-0.1, -0.05) is 127 Å². The van der Waals surface area contributed by atoms with Gasteiger partial charge in [0.15, 0.2) is 0 Å². The van der Waals surface area contributed by atoms with Gasteiger partial charge in [-0.05, 0) is 72.6 Å². The lowest BCUT2D eigenvalue weighted by Crippen LogP contribution is -2.34. The maximum Gasteiger partial charge on any atom is 0.207 e. The third kappa shape index (κ3) is 5.11. The summed E-state index contributed by atoms with van der Waals surface area (Å²) >= 11 is 0. The molecule has 0 bridgehead atoms. The maximum atomic E-state index is 13.9. The van der Waals surface area contributed by atoms with Crippen molar-refractivity contribution in [2.75, 3.05) is 4.90 Å². The van der Waals surface area contributed by atoms with Crippen molar-refractivity contribution in [2.45, 2.75) is 22.1 Å². The molecular formula is C44H33NO3S. The highest BCUT2D eigenvalue weighted by molar-refractivity contribution is 7.91. The van der Waals surface area contributed by atoms with Gasteiger partial charge in [0.1, 0.15) is 11.5 Å². The zero-order chi connectivity index (χ0) is 33.4. The number of sulfone groups is 1. The molecule has 0 spiro atoms. The van der Waals surface area contributed by atoms with E-state index in [0.29, 0.717) is 22.6 Å². The Morgan fingerprint density at radius 2 is 0.939 bits per heavy atom. The van der Waals surface area contributed by atoms with Crippen LogP contribution >= 0.6 is 0 Å². The summed E-state index contributed by atoms with van der Waals surface area (Å²) in [5.74, 6) is 1.26. The van der Waals surface area contributed by atoms with E-state index >= 15 is 0 Å². The summed E-state index contributed by atoms with van der Waals surface area (Å²) in [5.41, 5.74) is 7.29. The van der Waals surface area contributed by atoms with Crippen LogP contribution in [0.1, 0.15) is 23.6 Å². The van der Waals surface area contributed by atoms with Crippen molar-refractivity contribution >= 4 is 26.9 Å². The Kier molecular flexibility index (Phi) is 7.62. The van der Waals surface area contributed by atoms with Crippen LogP contribution in [0.15, 0.2) is 192 Å². The van der Waals surface area contributed by atoms with Crippen molar-refractivity contribution in [2.24, 2.45) is 0 Å². The molecule has 0 aliphatic carbocycles. The predicted molar refractivity (Wildman–Crippen MR) is 197 cm³/mol. The molecule has 0 saturated heterocycles. The summed E-state index contributed by atoms with van der Waals surface area (Å²) < 4.78 is 34.8. The Bertz CT molecular complexity index is 2360. The molecule has 1 aliphatic heterocycles. The van der Waals surface area contributed by atoms with Crippen LogP contribution in [0.3, 0.4) is 0 Å². The zero-order valence-corrected chi connectivity index (χ0v) is 27.7. The molecule has 7 aromatic carbocycles. The summed E-state index contributed by atoms with van der Waals surface area (Å²) in [4.78, 5) is 2.81. The van der Waals surface area contributed by atoms with Crippen LogP contribution in [0, 0.1) is 0 Å². The Balaban J connectivity index is 1.28. The molecule has 8 rings (SSSR count). The molecule has 0 saturated carbocycles. The molecule has 7 aromatic rings. The first kappa shape index (κ1) is 30.4. The van der Waals surface area contributed by atoms with Gasteiger partial charge in [0.05, 0.1) is 26.6 Å². The third-order valence-corrected chi connectivity index (χ3v) is 11.3. The molecule has 0 unspecified atom stereocenters. The van der Waals surface area contributed by atoms with Crippen molar-refractivity contribution in [3.63, 3.8) is 0 Å². The zero-order valence-electron chi connectivity index (χ0n) is 26.9. The van der Waals surface area contributed by atoms with E-state index in [0.717, 1.165) is 33.8 Å². The molecule has 0 atom stereocenters. The normalized spacial score (nSPS) is 13.3. The topological polar surface area (TPSA) is 46.6 Å². The molecule has 238 valence electrons. The fourth-order valence-corrected chi connectivity index (χ4v) is 8.61. The van der Waals surface area contributed by atoms with Gasteiger partial charge in [-0.2, -0.15) is 0 Å². The fraction of sp³-hybridized carbons (Fsp3) is 0.0455. The summed E-state index contributed by atoms with van der Waals surface area (Å²) in [6.45, 7) is 2.27. The Labute approximate surface area is 287 Å². The molecule has 0 amide bonds. The minimum Gasteiger partial charge on any atom is -0.456 e. The van der Waals surface area contributed by atoms with Crippen LogP contribution < -0.4 is 9.64 Å². The van der Waals surface area contributed by atoms with Crippen LogP contribution in [0.5, 0.6) is 11.5 Å². The number of benzene rings is 7. The second-order valence-electron chi connectivity index (χ2n) is 12.2.